The normalized spacial score (nSPS) is 10.5. The Balaban J connectivity index is 2.24. The summed E-state index contributed by atoms with van der Waals surface area (Å²) >= 11 is 0. The zero-order valence-electron chi connectivity index (χ0n) is 9.96. The van der Waals surface area contributed by atoms with Gasteiger partial charge in [-0.25, -0.2) is 9.97 Å². The molecule has 0 aliphatic rings. The smallest absolute Gasteiger partial charge is 0.129 e. The summed E-state index contributed by atoms with van der Waals surface area (Å²) in [6.45, 7) is 0. The van der Waals surface area contributed by atoms with E-state index in [1.807, 2.05) is 37.5 Å². The van der Waals surface area contributed by atoms with Crippen LogP contribution in [-0.4, -0.2) is 22.0 Å². The molecule has 88 valence electrons. The lowest BCUT2D eigenvalue weighted by Crippen LogP contribution is -1.94. The first-order valence-corrected chi connectivity index (χ1v) is 5.71. The fourth-order valence-corrected chi connectivity index (χ4v) is 1.99. The van der Waals surface area contributed by atoms with Gasteiger partial charge in [-0.05, 0) is 11.5 Å². The van der Waals surface area contributed by atoms with Crippen molar-refractivity contribution in [3.8, 4) is 11.3 Å². The van der Waals surface area contributed by atoms with E-state index in [0.29, 0.717) is 0 Å². The summed E-state index contributed by atoms with van der Waals surface area (Å²) < 4.78 is 0. The zero-order chi connectivity index (χ0) is 12.4. The van der Waals surface area contributed by atoms with Crippen LogP contribution in [0.1, 0.15) is 0 Å². The van der Waals surface area contributed by atoms with E-state index in [9.17, 15) is 0 Å². The molecule has 0 unspecified atom stereocenters. The first-order chi connectivity index (χ1) is 8.88. The van der Waals surface area contributed by atoms with E-state index in [1.165, 1.54) is 0 Å². The molecule has 0 bridgehead atoms. The molecule has 4 nitrogen and oxygen atoms in total. The van der Waals surface area contributed by atoms with Crippen LogP contribution >= 0.6 is 0 Å². The van der Waals surface area contributed by atoms with Crippen LogP contribution in [-0.2, 0) is 0 Å². The highest BCUT2D eigenvalue weighted by molar-refractivity contribution is 5.95. The number of hydrogen-bond donors (Lipinski definition) is 1. The summed E-state index contributed by atoms with van der Waals surface area (Å²) in [5.41, 5.74) is 2.00. The maximum atomic E-state index is 4.34. The van der Waals surface area contributed by atoms with Crippen LogP contribution in [0.25, 0.3) is 22.0 Å². The highest BCUT2D eigenvalue weighted by atomic mass is 15.0. The molecule has 2 aromatic heterocycles. The predicted molar refractivity (Wildman–Crippen MR) is 72.3 cm³/mol. The number of anilines is 1. The quantitative estimate of drug-likeness (QED) is 0.743. The van der Waals surface area contributed by atoms with Gasteiger partial charge >= 0.3 is 0 Å². The Labute approximate surface area is 105 Å². The third-order valence-electron chi connectivity index (χ3n) is 2.88. The van der Waals surface area contributed by atoms with Gasteiger partial charge in [-0.15, -0.1) is 0 Å². The van der Waals surface area contributed by atoms with Gasteiger partial charge in [0.25, 0.3) is 0 Å². The molecule has 0 saturated heterocycles. The molecule has 0 aliphatic heterocycles. The Morgan fingerprint density at radius 1 is 1.11 bits per heavy atom. The van der Waals surface area contributed by atoms with E-state index in [2.05, 4.69) is 26.3 Å². The Kier molecular flexibility index (Phi) is 2.61. The number of fused-ring (bicyclic) bond motifs is 1. The van der Waals surface area contributed by atoms with Crippen molar-refractivity contribution in [3.05, 3.63) is 49.1 Å². The first kappa shape index (κ1) is 10.7. The van der Waals surface area contributed by atoms with Gasteiger partial charge < -0.3 is 5.32 Å². The predicted octanol–water partition coefficient (Wildman–Crippen LogP) is 2.73. The van der Waals surface area contributed by atoms with Gasteiger partial charge in [0.05, 0.1) is 5.69 Å². The number of nitrogens with one attached hydrogen (secondary N) is 1. The van der Waals surface area contributed by atoms with Gasteiger partial charge in [0, 0.05) is 36.5 Å². The van der Waals surface area contributed by atoms with Crippen molar-refractivity contribution in [2.45, 2.75) is 0 Å². The number of benzene rings is 1. The Morgan fingerprint density at radius 3 is 2.94 bits per heavy atom. The van der Waals surface area contributed by atoms with Crippen LogP contribution in [0.5, 0.6) is 0 Å². The van der Waals surface area contributed by atoms with Crippen molar-refractivity contribution < 1.29 is 0 Å². The molecule has 2 heterocycles. The van der Waals surface area contributed by atoms with Crippen LogP contribution in [0.3, 0.4) is 0 Å². The van der Waals surface area contributed by atoms with E-state index in [-0.39, 0.29) is 0 Å². The monoisotopic (exact) mass is 236 g/mol. The SMILES string of the molecule is CNc1cc(-c2cccc3cnccc23)ncn1. The molecular formula is C14H12N4. The third kappa shape index (κ3) is 1.78. The maximum Gasteiger partial charge on any atom is 0.129 e. The van der Waals surface area contributed by atoms with Crippen LogP contribution in [0.2, 0.25) is 0 Å². The molecule has 1 aromatic carbocycles. The molecule has 18 heavy (non-hydrogen) atoms. The Morgan fingerprint density at radius 2 is 2.06 bits per heavy atom. The molecule has 0 radical (unpaired) electrons. The average Bonchev–Trinajstić information content (AvgIpc) is 2.47. The molecule has 3 aromatic rings. The average molecular weight is 236 g/mol. The minimum Gasteiger partial charge on any atom is -0.373 e. The van der Waals surface area contributed by atoms with Crippen LogP contribution < -0.4 is 5.32 Å². The lowest BCUT2D eigenvalue weighted by atomic mass is 10.0. The fraction of sp³-hybridized carbons (Fsp3) is 0.0714. The minimum atomic E-state index is 0.811. The summed E-state index contributed by atoms with van der Waals surface area (Å²) in [5.74, 6) is 0.811. The van der Waals surface area contributed by atoms with Gasteiger partial charge in [-0.1, -0.05) is 18.2 Å². The highest BCUT2D eigenvalue weighted by Crippen LogP contribution is 2.27. The van der Waals surface area contributed by atoms with E-state index >= 15 is 0 Å². The molecule has 0 atom stereocenters. The van der Waals surface area contributed by atoms with E-state index in [4.69, 9.17) is 0 Å². The summed E-state index contributed by atoms with van der Waals surface area (Å²) in [6.07, 6.45) is 5.23. The second kappa shape index (κ2) is 4.41. The molecule has 0 spiro atoms. The standard InChI is InChI=1S/C14H12N4/c1-15-14-7-13(17-9-18-14)12-4-2-3-10-8-16-6-5-11(10)12/h2-9H,1H3,(H,15,17,18). The summed E-state index contributed by atoms with van der Waals surface area (Å²) in [4.78, 5) is 12.6. The maximum absolute atomic E-state index is 4.34. The number of nitrogens with zero attached hydrogens (tertiary/aromatic N) is 3. The minimum absolute atomic E-state index is 0.811. The molecule has 1 N–H and O–H groups in total. The van der Waals surface area contributed by atoms with Crippen molar-refractivity contribution in [1.82, 2.24) is 15.0 Å². The second-order valence-corrected chi connectivity index (χ2v) is 3.94. The Hall–Kier alpha value is -2.49. The van der Waals surface area contributed by atoms with E-state index in [0.717, 1.165) is 27.8 Å². The van der Waals surface area contributed by atoms with Crippen molar-refractivity contribution in [3.63, 3.8) is 0 Å². The zero-order valence-corrected chi connectivity index (χ0v) is 9.96. The molecular weight excluding hydrogens is 224 g/mol. The lowest BCUT2D eigenvalue weighted by molar-refractivity contribution is 1.16. The topological polar surface area (TPSA) is 50.7 Å². The van der Waals surface area contributed by atoms with E-state index in [1.54, 1.807) is 12.5 Å². The summed E-state index contributed by atoms with van der Waals surface area (Å²) in [5, 5.41) is 5.28. The second-order valence-electron chi connectivity index (χ2n) is 3.94. The van der Waals surface area contributed by atoms with Crippen LogP contribution in [0, 0.1) is 0 Å². The number of rotatable bonds is 2. The number of pyridine rings is 1. The molecule has 0 amide bonds. The largest absolute Gasteiger partial charge is 0.373 e. The van der Waals surface area contributed by atoms with E-state index < -0.39 is 0 Å². The van der Waals surface area contributed by atoms with Crippen molar-refractivity contribution in [1.29, 1.82) is 0 Å². The van der Waals surface area contributed by atoms with Crippen LogP contribution in [0.15, 0.2) is 49.1 Å². The van der Waals surface area contributed by atoms with Crippen molar-refractivity contribution in [2.24, 2.45) is 0 Å². The molecule has 0 aliphatic carbocycles. The highest BCUT2D eigenvalue weighted by Gasteiger charge is 2.05. The van der Waals surface area contributed by atoms with Gasteiger partial charge in [0.1, 0.15) is 12.1 Å². The molecule has 3 rings (SSSR count). The van der Waals surface area contributed by atoms with Gasteiger partial charge in [-0.2, -0.15) is 0 Å². The Bertz CT molecular complexity index is 689. The van der Waals surface area contributed by atoms with Crippen molar-refractivity contribution >= 4 is 16.6 Å². The number of hydrogen-bond acceptors (Lipinski definition) is 4. The van der Waals surface area contributed by atoms with Crippen molar-refractivity contribution in [2.75, 3.05) is 12.4 Å². The van der Waals surface area contributed by atoms with Crippen LogP contribution in [0.4, 0.5) is 5.82 Å². The molecule has 0 saturated carbocycles. The lowest BCUT2D eigenvalue weighted by Gasteiger charge is -2.06. The molecule has 0 fully saturated rings. The van der Waals surface area contributed by atoms with Gasteiger partial charge in [-0.3, -0.25) is 4.98 Å². The summed E-state index contributed by atoms with van der Waals surface area (Å²) in [6, 6.07) is 10.1. The molecule has 4 heteroatoms. The fourth-order valence-electron chi connectivity index (χ4n) is 1.99. The van der Waals surface area contributed by atoms with Gasteiger partial charge in [0.15, 0.2) is 0 Å². The van der Waals surface area contributed by atoms with Gasteiger partial charge in [0.2, 0.25) is 0 Å². The first-order valence-electron chi connectivity index (χ1n) is 5.71. The summed E-state index contributed by atoms with van der Waals surface area (Å²) in [7, 11) is 1.85. The third-order valence-corrected chi connectivity index (χ3v) is 2.88. The number of aromatic nitrogens is 3.